The molecule has 26 heavy (non-hydrogen) atoms. The Morgan fingerprint density at radius 3 is 2.81 bits per heavy atom. The molecule has 0 amide bonds. The number of allylic oxidation sites excluding steroid dienone is 1. The zero-order chi connectivity index (χ0) is 18.6. The van der Waals surface area contributed by atoms with Crippen LogP contribution in [0.4, 0.5) is 5.82 Å². The number of aryl methyl sites for hydroxylation is 2. The monoisotopic (exact) mass is 351 g/mol. The highest BCUT2D eigenvalue weighted by atomic mass is 16.4. The second-order valence-electron chi connectivity index (χ2n) is 7.05. The van der Waals surface area contributed by atoms with Crippen molar-refractivity contribution in [3.63, 3.8) is 0 Å². The van der Waals surface area contributed by atoms with Crippen LogP contribution in [0.2, 0.25) is 0 Å². The summed E-state index contributed by atoms with van der Waals surface area (Å²) in [6.07, 6.45) is 7.75. The summed E-state index contributed by atoms with van der Waals surface area (Å²) in [4.78, 5) is 23.2. The fourth-order valence-electron chi connectivity index (χ4n) is 3.55. The van der Waals surface area contributed by atoms with Gasteiger partial charge < -0.3 is 10.0 Å². The molecule has 0 radical (unpaired) electrons. The minimum atomic E-state index is -0.790. The summed E-state index contributed by atoms with van der Waals surface area (Å²) in [7, 11) is 0. The number of anilines is 1. The van der Waals surface area contributed by atoms with Crippen LogP contribution in [0, 0.1) is 19.3 Å². The van der Waals surface area contributed by atoms with Crippen molar-refractivity contribution in [3.8, 4) is 0 Å². The normalized spacial score (nSPS) is 20.5. The van der Waals surface area contributed by atoms with Gasteiger partial charge in [-0.15, -0.1) is 0 Å². The first kappa shape index (κ1) is 18.1. The Labute approximate surface area is 154 Å². The molecule has 5 heteroatoms. The molecule has 2 heterocycles. The zero-order valence-electron chi connectivity index (χ0n) is 15.4. The minimum Gasteiger partial charge on any atom is -0.481 e. The van der Waals surface area contributed by atoms with E-state index in [1.54, 1.807) is 6.20 Å². The smallest absolute Gasteiger partial charge is 0.311 e. The van der Waals surface area contributed by atoms with Crippen molar-refractivity contribution in [2.45, 2.75) is 33.1 Å². The molecule has 0 aliphatic carbocycles. The van der Waals surface area contributed by atoms with E-state index >= 15 is 0 Å². The van der Waals surface area contributed by atoms with Gasteiger partial charge in [-0.05, 0) is 38.7 Å². The van der Waals surface area contributed by atoms with Crippen LogP contribution in [0.1, 0.15) is 36.2 Å². The van der Waals surface area contributed by atoms with Crippen LogP contribution in [-0.4, -0.2) is 34.1 Å². The lowest BCUT2D eigenvalue weighted by molar-refractivity contribution is -0.149. The predicted molar refractivity (Wildman–Crippen MR) is 103 cm³/mol. The Balaban J connectivity index is 1.81. The van der Waals surface area contributed by atoms with Gasteiger partial charge in [0.2, 0.25) is 0 Å². The zero-order valence-corrected chi connectivity index (χ0v) is 15.4. The number of piperidine rings is 1. The summed E-state index contributed by atoms with van der Waals surface area (Å²) < 4.78 is 0. The maximum absolute atomic E-state index is 12.2. The van der Waals surface area contributed by atoms with Crippen LogP contribution >= 0.6 is 0 Å². The topological polar surface area (TPSA) is 66.3 Å². The lowest BCUT2D eigenvalue weighted by atomic mass is 9.77. The Bertz CT molecular complexity index is 804. The average Bonchev–Trinajstić information content (AvgIpc) is 2.65. The summed E-state index contributed by atoms with van der Waals surface area (Å²) >= 11 is 0. The third-order valence-electron chi connectivity index (χ3n) is 5.00. The number of carboxylic acids is 1. The largest absolute Gasteiger partial charge is 0.481 e. The van der Waals surface area contributed by atoms with E-state index in [9.17, 15) is 9.90 Å². The summed E-state index contributed by atoms with van der Waals surface area (Å²) in [5.41, 5.74) is 1.99. The van der Waals surface area contributed by atoms with Crippen LogP contribution in [0.3, 0.4) is 0 Å². The maximum atomic E-state index is 12.2. The number of carbonyl (C=O) groups is 1. The Hall–Kier alpha value is -2.69. The predicted octanol–water partition coefficient (Wildman–Crippen LogP) is 3.87. The average molecular weight is 351 g/mol. The second-order valence-corrected chi connectivity index (χ2v) is 7.05. The van der Waals surface area contributed by atoms with Crippen LogP contribution < -0.4 is 4.90 Å². The van der Waals surface area contributed by atoms with E-state index in [2.05, 4.69) is 14.9 Å². The molecule has 0 spiro atoms. The van der Waals surface area contributed by atoms with E-state index in [-0.39, 0.29) is 0 Å². The lowest BCUT2D eigenvalue weighted by Crippen LogP contribution is -2.48. The van der Waals surface area contributed by atoms with E-state index in [0.717, 1.165) is 35.7 Å². The van der Waals surface area contributed by atoms with E-state index in [1.807, 2.05) is 56.3 Å². The minimum absolute atomic E-state index is 0.459. The third kappa shape index (κ3) is 3.93. The molecule has 2 aromatic rings. The van der Waals surface area contributed by atoms with Crippen molar-refractivity contribution in [2.75, 3.05) is 18.0 Å². The quantitative estimate of drug-likeness (QED) is 0.886. The SMILES string of the molecule is Cc1cnc(C)c(N2CCCC(C/C=C/c3ccccc3)(C(=O)O)C2)n1. The molecule has 1 aliphatic rings. The van der Waals surface area contributed by atoms with Crippen LogP contribution in [0.25, 0.3) is 6.08 Å². The number of aromatic nitrogens is 2. The number of hydrogen-bond donors (Lipinski definition) is 1. The highest BCUT2D eigenvalue weighted by Crippen LogP contribution is 2.36. The van der Waals surface area contributed by atoms with Crippen molar-refractivity contribution >= 4 is 17.9 Å². The molecule has 3 rings (SSSR count). The first-order valence-corrected chi connectivity index (χ1v) is 9.00. The number of rotatable bonds is 5. The third-order valence-corrected chi connectivity index (χ3v) is 5.00. The van der Waals surface area contributed by atoms with Gasteiger partial charge in [-0.2, -0.15) is 0 Å². The molecule has 1 fully saturated rings. The molecule has 5 nitrogen and oxygen atoms in total. The molecule has 0 saturated carbocycles. The van der Waals surface area contributed by atoms with Gasteiger partial charge in [0.25, 0.3) is 0 Å². The van der Waals surface area contributed by atoms with E-state index < -0.39 is 11.4 Å². The van der Waals surface area contributed by atoms with Crippen LogP contribution in [0.5, 0.6) is 0 Å². The Morgan fingerprint density at radius 2 is 2.08 bits per heavy atom. The Morgan fingerprint density at radius 1 is 1.31 bits per heavy atom. The first-order valence-electron chi connectivity index (χ1n) is 9.00. The Kier molecular flexibility index (Phi) is 5.35. The number of benzene rings is 1. The number of aliphatic carboxylic acids is 1. The van der Waals surface area contributed by atoms with Crippen LogP contribution in [0.15, 0.2) is 42.6 Å². The molecule has 1 N–H and O–H groups in total. The van der Waals surface area contributed by atoms with Gasteiger partial charge in [0.15, 0.2) is 0 Å². The summed E-state index contributed by atoms with van der Waals surface area (Å²) in [5.74, 6) is 0.0699. The number of hydrogen-bond acceptors (Lipinski definition) is 4. The molecular weight excluding hydrogens is 326 g/mol. The van der Waals surface area contributed by atoms with Gasteiger partial charge in [-0.25, -0.2) is 4.98 Å². The van der Waals surface area contributed by atoms with Crippen molar-refractivity contribution in [1.29, 1.82) is 0 Å². The maximum Gasteiger partial charge on any atom is 0.311 e. The van der Waals surface area contributed by atoms with Crippen molar-refractivity contribution < 1.29 is 9.90 Å². The highest BCUT2D eigenvalue weighted by molar-refractivity contribution is 5.76. The molecule has 1 atom stereocenters. The van der Waals surface area contributed by atoms with E-state index in [0.29, 0.717) is 19.4 Å². The molecule has 1 saturated heterocycles. The fourth-order valence-corrected chi connectivity index (χ4v) is 3.55. The summed E-state index contributed by atoms with van der Waals surface area (Å²) in [5, 5.41) is 9.98. The van der Waals surface area contributed by atoms with Gasteiger partial charge in [-0.3, -0.25) is 9.78 Å². The van der Waals surface area contributed by atoms with Crippen LogP contribution in [-0.2, 0) is 4.79 Å². The molecule has 1 unspecified atom stereocenters. The molecule has 0 bridgehead atoms. The van der Waals surface area contributed by atoms with Crippen molar-refractivity contribution in [3.05, 3.63) is 59.6 Å². The van der Waals surface area contributed by atoms with Crippen molar-refractivity contribution in [1.82, 2.24) is 9.97 Å². The van der Waals surface area contributed by atoms with E-state index in [4.69, 9.17) is 0 Å². The van der Waals surface area contributed by atoms with Gasteiger partial charge in [-0.1, -0.05) is 42.5 Å². The summed E-state index contributed by atoms with van der Waals surface area (Å²) in [6.45, 7) is 5.11. The molecule has 136 valence electrons. The molecule has 1 aromatic heterocycles. The second kappa shape index (κ2) is 7.68. The van der Waals surface area contributed by atoms with Crippen molar-refractivity contribution in [2.24, 2.45) is 5.41 Å². The van der Waals surface area contributed by atoms with Gasteiger partial charge in [0.1, 0.15) is 5.82 Å². The van der Waals surface area contributed by atoms with Gasteiger partial charge >= 0.3 is 5.97 Å². The fraction of sp³-hybridized carbons (Fsp3) is 0.381. The standard InChI is InChI=1S/C21H25N3O2/c1-16-14-22-17(2)19(23-16)24-13-7-12-21(15-24,20(25)26)11-6-10-18-8-4-3-5-9-18/h3-6,8-10,14H,7,11-13,15H2,1-2H3,(H,25,26)/b10-6+. The van der Waals surface area contributed by atoms with Gasteiger partial charge in [0, 0.05) is 19.3 Å². The highest BCUT2D eigenvalue weighted by Gasteiger charge is 2.42. The molecule has 1 aliphatic heterocycles. The first-order chi connectivity index (χ1) is 12.5. The lowest BCUT2D eigenvalue weighted by Gasteiger charge is -2.40. The molecular formula is C21H25N3O2. The molecule has 1 aromatic carbocycles. The van der Waals surface area contributed by atoms with Gasteiger partial charge in [0.05, 0.1) is 16.8 Å². The summed E-state index contributed by atoms with van der Waals surface area (Å²) in [6, 6.07) is 9.97. The number of carboxylic acid groups (broad SMARTS) is 1. The van der Waals surface area contributed by atoms with E-state index in [1.165, 1.54) is 0 Å². The number of nitrogens with zero attached hydrogens (tertiary/aromatic N) is 3.